The predicted molar refractivity (Wildman–Crippen MR) is 104 cm³/mol. The number of amides is 1. The van der Waals surface area contributed by atoms with Gasteiger partial charge in [0.1, 0.15) is 0 Å². The molecule has 0 unspecified atom stereocenters. The van der Waals surface area contributed by atoms with Gasteiger partial charge in [0.2, 0.25) is 10.0 Å². The Kier molecular flexibility index (Phi) is 5.09. The molecule has 0 saturated carbocycles. The number of aromatic nitrogens is 3. The molecule has 0 radical (unpaired) electrons. The van der Waals surface area contributed by atoms with Gasteiger partial charge in [-0.25, -0.2) is 17.8 Å². The topological polar surface area (TPSA) is 117 Å². The van der Waals surface area contributed by atoms with Crippen molar-refractivity contribution in [2.24, 2.45) is 0 Å². The van der Waals surface area contributed by atoms with Gasteiger partial charge in [0.05, 0.1) is 35.1 Å². The monoisotopic (exact) mass is 489 g/mol. The number of rotatable bonds is 5. The zero-order valence-corrected chi connectivity index (χ0v) is 16.4. The third-order valence-electron chi connectivity index (χ3n) is 3.51. The van der Waals surface area contributed by atoms with Crippen molar-refractivity contribution in [1.29, 1.82) is 0 Å². The zero-order valence-electron chi connectivity index (χ0n) is 13.4. The molecule has 11 heteroatoms. The molecule has 136 valence electrons. The van der Waals surface area contributed by atoms with E-state index in [-0.39, 0.29) is 17.0 Å². The van der Waals surface area contributed by atoms with Gasteiger partial charge in [0.15, 0.2) is 11.5 Å². The molecular formula is C15H13FIN5O3S. The van der Waals surface area contributed by atoms with Crippen molar-refractivity contribution in [2.75, 3.05) is 15.8 Å². The number of H-pyrrole nitrogens is 1. The van der Waals surface area contributed by atoms with Crippen LogP contribution in [0, 0.1) is 9.39 Å². The van der Waals surface area contributed by atoms with Crippen molar-refractivity contribution in [3.05, 3.63) is 45.5 Å². The van der Waals surface area contributed by atoms with Crippen LogP contribution in [0.5, 0.6) is 0 Å². The molecule has 0 aliphatic heterocycles. The number of carbonyl (C=O) groups excluding carboxylic acids is 1. The maximum Gasteiger partial charge on any atom is 0.259 e. The molecule has 8 nitrogen and oxygen atoms in total. The van der Waals surface area contributed by atoms with Crippen LogP contribution >= 0.6 is 22.6 Å². The van der Waals surface area contributed by atoms with Crippen LogP contribution in [0.2, 0.25) is 0 Å². The molecule has 3 rings (SSSR count). The fourth-order valence-electron chi connectivity index (χ4n) is 2.18. The Morgan fingerprint density at radius 3 is 2.85 bits per heavy atom. The minimum Gasteiger partial charge on any atom is -0.320 e. The van der Waals surface area contributed by atoms with E-state index in [4.69, 9.17) is 0 Å². The number of halogens is 2. The molecule has 0 saturated heterocycles. The van der Waals surface area contributed by atoms with Crippen LogP contribution in [0.15, 0.2) is 30.6 Å². The number of nitrogens with one attached hydrogen (secondary N) is 3. The highest BCUT2D eigenvalue weighted by molar-refractivity contribution is 14.1. The van der Waals surface area contributed by atoms with E-state index >= 15 is 0 Å². The Balaban J connectivity index is 1.93. The van der Waals surface area contributed by atoms with E-state index in [1.807, 2.05) is 22.6 Å². The van der Waals surface area contributed by atoms with Crippen molar-refractivity contribution in [3.63, 3.8) is 0 Å². The van der Waals surface area contributed by atoms with Gasteiger partial charge >= 0.3 is 0 Å². The molecule has 3 aromatic rings. The number of hydrogen-bond donors (Lipinski definition) is 3. The first kappa shape index (κ1) is 18.5. The maximum absolute atomic E-state index is 14.7. The Hall–Kier alpha value is -2.28. The number of nitrogens with zero attached hydrogens (tertiary/aromatic N) is 2. The van der Waals surface area contributed by atoms with Crippen LogP contribution in [-0.2, 0) is 10.0 Å². The molecule has 0 aliphatic rings. The molecule has 26 heavy (non-hydrogen) atoms. The van der Waals surface area contributed by atoms with E-state index < -0.39 is 21.7 Å². The van der Waals surface area contributed by atoms with Gasteiger partial charge in [-0.2, -0.15) is 5.10 Å². The van der Waals surface area contributed by atoms with Crippen molar-refractivity contribution >= 4 is 60.9 Å². The second kappa shape index (κ2) is 7.15. The zero-order chi connectivity index (χ0) is 18.9. The van der Waals surface area contributed by atoms with Gasteiger partial charge in [0, 0.05) is 8.96 Å². The fraction of sp³-hybridized carbons (Fsp3) is 0.133. The highest BCUT2D eigenvalue weighted by Gasteiger charge is 2.21. The molecule has 0 spiro atoms. The number of hydrogen-bond acceptors (Lipinski definition) is 5. The summed E-state index contributed by atoms with van der Waals surface area (Å²) in [6, 6.07) is 4.38. The third kappa shape index (κ3) is 3.77. The first-order valence-corrected chi connectivity index (χ1v) is 10.1. The average molecular weight is 489 g/mol. The number of anilines is 2. The smallest absolute Gasteiger partial charge is 0.259 e. The van der Waals surface area contributed by atoms with Gasteiger partial charge in [-0.3, -0.25) is 14.6 Å². The number of fused-ring (bicyclic) bond motifs is 1. The molecule has 3 N–H and O–H groups in total. The molecule has 2 heterocycles. The largest absolute Gasteiger partial charge is 0.320 e. The van der Waals surface area contributed by atoms with E-state index in [0.717, 1.165) is 0 Å². The molecule has 1 aromatic carbocycles. The number of aromatic amines is 1. The van der Waals surface area contributed by atoms with E-state index in [1.165, 1.54) is 25.3 Å². The summed E-state index contributed by atoms with van der Waals surface area (Å²) >= 11 is 1.81. The standard InChI is InChI=1S/C15H13FIN5O3S/c1-2-26(24,25)22-11-4-3-10(17)12(13(11)16)15(23)20-9-5-8-6-19-21-14(8)18-7-9/h3-7,22H,2H2,1H3,(H,20,23)(H,18,19,21). The number of sulfonamides is 1. The van der Waals surface area contributed by atoms with Crippen LogP contribution in [0.4, 0.5) is 15.8 Å². The second-order valence-corrected chi connectivity index (χ2v) is 8.45. The lowest BCUT2D eigenvalue weighted by molar-refractivity contribution is 0.102. The molecule has 2 aromatic heterocycles. The number of carbonyl (C=O) groups is 1. The summed E-state index contributed by atoms with van der Waals surface area (Å²) in [5.41, 5.74) is 0.383. The van der Waals surface area contributed by atoms with Crippen LogP contribution in [0.3, 0.4) is 0 Å². The summed E-state index contributed by atoms with van der Waals surface area (Å²) in [4.78, 5) is 16.6. The third-order valence-corrected chi connectivity index (χ3v) is 5.70. The summed E-state index contributed by atoms with van der Waals surface area (Å²) in [7, 11) is -3.67. The summed E-state index contributed by atoms with van der Waals surface area (Å²) < 4.78 is 40.6. The van der Waals surface area contributed by atoms with Crippen LogP contribution in [0.1, 0.15) is 17.3 Å². The van der Waals surface area contributed by atoms with E-state index in [1.54, 1.807) is 12.3 Å². The SMILES string of the molecule is CCS(=O)(=O)Nc1ccc(I)c(C(=O)Nc2cnc3[nH]ncc3c2)c1F. The molecule has 1 amide bonds. The van der Waals surface area contributed by atoms with Crippen molar-refractivity contribution in [3.8, 4) is 0 Å². The predicted octanol–water partition coefficient (Wildman–Crippen LogP) is 2.72. The van der Waals surface area contributed by atoms with Crippen molar-refractivity contribution < 1.29 is 17.6 Å². The van der Waals surface area contributed by atoms with Gasteiger partial charge in [-0.1, -0.05) is 0 Å². The normalized spacial score (nSPS) is 11.5. The number of benzene rings is 1. The summed E-state index contributed by atoms with van der Waals surface area (Å²) in [5, 5.41) is 9.76. The molecule has 0 aliphatic carbocycles. The molecular weight excluding hydrogens is 476 g/mol. The van der Waals surface area contributed by atoms with Gasteiger partial charge < -0.3 is 5.32 Å². The maximum atomic E-state index is 14.7. The quantitative estimate of drug-likeness (QED) is 0.477. The first-order chi connectivity index (χ1) is 12.3. The van der Waals surface area contributed by atoms with E-state index in [9.17, 15) is 17.6 Å². The lowest BCUT2D eigenvalue weighted by Crippen LogP contribution is -2.19. The highest BCUT2D eigenvalue weighted by atomic mass is 127. The van der Waals surface area contributed by atoms with Crippen LogP contribution in [0.25, 0.3) is 11.0 Å². The summed E-state index contributed by atoms with van der Waals surface area (Å²) in [6.07, 6.45) is 2.95. The van der Waals surface area contributed by atoms with Gasteiger partial charge in [-0.15, -0.1) is 0 Å². The summed E-state index contributed by atoms with van der Waals surface area (Å²) in [5.74, 6) is -1.87. The minimum absolute atomic E-state index is 0.212. The Bertz CT molecular complexity index is 1100. The Morgan fingerprint density at radius 2 is 2.12 bits per heavy atom. The van der Waals surface area contributed by atoms with Crippen LogP contribution in [-0.4, -0.2) is 35.3 Å². The molecule has 0 bridgehead atoms. The fourth-order valence-corrected chi connectivity index (χ4v) is 3.48. The van der Waals surface area contributed by atoms with Crippen molar-refractivity contribution in [1.82, 2.24) is 15.2 Å². The summed E-state index contributed by atoms with van der Waals surface area (Å²) in [6.45, 7) is 1.43. The second-order valence-electron chi connectivity index (χ2n) is 5.28. The highest BCUT2D eigenvalue weighted by Crippen LogP contribution is 2.25. The molecule has 0 fully saturated rings. The van der Waals surface area contributed by atoms with E-state index in [0.29, 0.717) is 20.3 Å². The number of pyridine rings is 1. The lowest BCUT2D eigenvalue weighted by Gasteiger charge is -2.12. The average Bonchev–Trinajstić information content (AvgIpc) is 3.05. The van der Waals surface area contributed by atoms with E-state index in [2.05, 4.69) is 25.2 Å². The minimum atomic E-state index is -3.67. The molecule has 0 atom stereocenters. The Morgan fingerprint density at radius 1 is 1.35 bits per heavy atom. The van der Waals surface area contributed by atoms with Crippen molar-refractivity contribution in [2.45, 2.75) is 6.92 Å². The van der Waals surface area contributed by atoms with Gasteiger partial charge in [0.25, 0.3) is 5.91 Å². The lowest BCUT2D eigenvalue weighted by atomic mass is 10.1. The van der Waals surface area contributed by atoms with Gasteiger partial charge in [-0.05, 0) is 47.7 Å². The Labute approximate surface area is 161 Å². The first-order valence-electron chi connectivity index (χ1n) is 7.39. The van der Waals surface area contributed by atoms with Crippen LogP contribution < -0.4 is 10.0 Å².